The number of likely N-dealkylation sites (tertiary alicyclic amines) is 1. The van der Waals surface area contributed by atoms with Gasteiger partial charge in [0.05, 0.1) is 51.2 Å². The smallest absolute Gasteiger partial charge is 0.410 e. The summed E-state index contributed by atoms with van der Waals surface area (Å²) in [7, 11) is 1.55. The number of thiazole rings is 1. The molecule has 12 rings (SSSR count). The van der Waals surface area contributed by atoms with Crippen molar-refractivity contribution in [3.8, 4) is 39.3 Å². The molecule has 5 saturated heterocycles. The molecule has 0 radical (unpaired) electrons. The number of carbonyl (C=O) groups excluding carboxylic acids is 3. The standard InChI is InChI=1S/C66H79FN10O10S/c1-10-40-13-11-14-43-25-48(85-36-82-9)27-49(55(40)43)57-56(67)58-50(29-68-57)60(74-30-44-19-20-45(31-74)77(44)64(81)86-65(6,7)8)72-63(71-58)84-34-66-22-12-24-76(66)46(21-23-66)33-83-53-28-52(87-73-53)54(37(2)3)62(80)75-32-47(78)26-51(75)61(79)70-38(4)41-15-17-42(18-16-41)59-39(5)69-35-88-59/h11,13-18,25,27-29,35,37-38,44-47,51,54,78H,10,12,19-24,26,30-34,36H2,1-9H3,(H,70,79)/t38-,44?,45?,46+,47+,51-,54-,66+/m0/s1. The van der Waals surface area contributed by atoms with Crippen molar-refractivity contribution in [1.29, 1.82) is 0 Å². The van der Waals surface area contributed by atoms with Crippen LogP contribution in [0.15, 0.2) is 76.9 Å². The van der Waals surface area contributed by atoms with Crippen LogP contribution in [0.3, 0.4) is 0 Å². The van der Waals surface area contributed by atoms with E-state index in [2.05, 4.69) is 32.2 Å². The van der Waals surface area contributed by atoms with Crippen molar-refractivity contribution >= 4 is 56.7 Å². The highest BCUT2D eigenvalue weighted by Crippen LogP contribution is 2.45. The summed E-state index contributed by atoms with van der Waals surface area (Å²) in [6.07, 6.45) is 6.21. The van der Waals surface area contributed by atoms with Crippen molar-refractivity contribution in [3.05, 3.63) is 101 Å². The minimum absolute atomic E-state index is 0.00857. The number of anilines is 1. The van der Waals surface area contributed by atoms with Crippen LogP contribution in [0.2, 0.25) is 0 Å². The van der Waals surface area contributed by atoms with Gasteiger partial charge in [0.25, 0.3) is 5.88 Å². The number of pyridine rings is 1. The molecule has 2 unspecified atom stereocenters. The highest BCUT2D eigenvalue weighted by Gasteiger charge is 2.51. The molecular weight excluding hydrogens is 1140 g/mol. The maximum Gasteiger partial charge on any atom is 0.410 e. The van der Waals surface area contributed by atoms with Gasteiger partial charge in [-0.05, 0) is 137 Å². The molecule has 20 nitrogen and oxygen atoms in total. The lowest BCUT2D eigenvalue weighted by atomic mass is 9.91. The molecule has 8 atom stereocenters. The first-order valence-electron chi connectivity index (χ1n) is 30.9. The van der Waals surface area contributed by atoms with Crippen LogP contribution in [0.4, 0.5) is 15.0 Å². The number of nitrogens with zero attached hydrogens (tertiary/aromatic N) is 9. The van der Waals surface area contributed by atoms with Gasteiger partial charge in [0.1, 0.15) is 53.6 Å². The van der Waals surface area contributed by atoms with E-state index in [4.69, 9.17) is 43.2 Å². The number of hydrogen-bond donors (Lipinski definition) is 2. The Morgan fingerprint density at radius 3 is 2.45 bits per heavy atom. The number of fused-ring (bicyclic) bond motifs is 5. The molecule has 2 bridgehead atoms. The highest BCUT2D eigenvalue weighted by atomic mass is 32.1. The van der Waals surface area contributed by atoms with Crippen molar-refractivity contribution in [1.82, 2.24) is 45.1 Å². The Morgan fingerprint density at radius 1 is 0.955 bits per heavy atom. The number of β-amino-alcohol motifs (C(OH)–C–C–N with tert-alkyl or cyclic N) is 1. The summed E-state index contributed by atoms with van der Waals surface area (Å²) in [5, 5.41) is 20.4. The van der Waals surface area contributed by atoms with Gasteiger partial charge in [-0.15, -0.1) is 11.3 Å². The third-order valence-electron chi connectivity index (χ3n) is 18.4. The normalized spacial score (nSPS) is 22.6. The molecule has 466 valence electrons. The van der Waals surface area contributed by atoms with E-state index in [1.807, 2.05) is 107 Å². The van der Waals surface area contributed by atoms with Crippen LogP contribution in [0.5, 0.6) is 17.6 Å². The first-order valence-corrected chi connectivity index (χ1v) is 31.8. The Morgan fingerprint density at radius 2 is 1.74 bits per heavy atom. The zero-order valence-corrected chi connectivity index (χ0v) is 52.4. The number of amides is 3. The van der Waals surface area contributed by atoms with Gasteiger partial charge >= 0.3 is 12.1 Å². The second kappa shape index (κ2) is 24.8. The maximum atomic E-state index is 17.9. The Hall–Kier alpha value is -7.53. The van der Waals surface area contributed by atoms with Gasteiger partial charge in [-0.25, -0.2) is 14.2 Å². The van der Waals surface area contributed by atoms with Gasteiger partial charge in [-0.2, -0.15) is 9.97 Å². The molecule has 2 N–H and O–H groups in total. The molecule has 0 saturated carbocycles. The van der Waals surface area contributed by atoms with Gasteiger partial charge < -0.3 is 48.4 Å². The number of piperazine rings is 1. The molecule has 22 heteroatoms. The van der Waals surface area contributed by atoms with E-state index in [1.165, 1.54) is 4.90 Å². The number of benzene rings is 3. The van der Waals surface area contributed by atoms with Crippen LogP contribution in [0.25, 0.3) is 43.4 Å². The molecule has 5 aliphatic heterocycles. The summed E-state index contributed by atoms with van der Waals surface area (Å²) < 4.78 is 54.0. The fraction of sp³-hybridized carbons (Fsp3) is 0.515. The number of halogens is 1. The van der Waals surface area contributed by atoms with Crippen LogP contribution in [0.1, 0.15) is 128 Å². The number of aryl methyl sites for hydroxylation is 2. The third kappa shape index (κ3) is 12.0. The van der Waals surface area contributed by atoms with E-state index in [-0.39, 0.29) is 103 Å². The Balaban J connectivity index is 0.758. The van der Waals surface area contributed by atoms with Crippen molar-refractivity contribution in [2.75, 3.05) is 58.2 Å². The fourth-order valence-electron chi connectivity index (χ4n) is 14.1. The molecule has 88 heavy (non-hydrogen) atoms. The average Bonchev–Trinajstić information content (AvgIpc) is 3.16. The Bertz CT molecular complexity index is 3710. The predicted octanol–water partition coefficient (Wildman–Crippen LogP) is 10.6. The molecule has 5 fully saturated rings. The SMILES string of the molecule is CCc1cccc2cc(OCOC)cc(-c3ncc4c(N5CC6CCC(C5)N6C(=O)OC(C)(C)C)nc(OC[C@]56CCCN5[C@@H](COc5cc([C@@H](C(=O)N7C[C@H](O)C[C@H]7C(=O)N[C@@H](C)c7ccc(-c8scnc8C)cc7)C(C)C)on5)CC6)nc4c3F)c12. The summed E-state index contributed by atoms with van der Waals surface area (Å²) >= 11 is 1.58. The quantitative estimate of drug-likeness (QED) is 0.0719. The minimum atomic E-state index is -0.883. The molecule has 7 aromatic rings. The molecule has 9 heterocycles. The van der Waals surface area contributed by atoms with Gasteiger partial charge in [0.15, 0.2) is 18.4 Å². The van der Waals surface area contributed by atoms with E-state index in [0.29, 0.717) is 54.4 Å². The van der Waals surface area contributed by atoms with Gasteiger partial charge in [-0.1, -0.05) is 63.2 Å². The number of aliphatic hydroxyl groups excluding tert-OH is 1. The Kier molecular flexibility index (Phi) is 17.1. The van der Waals surface area contributed by atoms with Crippen LogP contribution in [0, 0.1) is 18.7 Å². The second-order valence-electron chi connectivity index (χ2n) is 25.7. The number of hydrogen-bond acceptors (Lipinski definition) is 18. The van der Waals surface area contributed by atoms with Crippen LogP contribution in [-0.2, 0) is 25.5 Å². The molecule has 3 amide bonds. The summed E-state index contributed by atoms with van der Waals surface area (Å²) in [4.78, 5) is 70.3. The molecule has 0 aliphatic carbocycles. The molecule has 4 aromatic heterocycles. The summed E-state index contributed by atoms with van der Waals surface area (Å²) in [6, 6.07) is 17.9. The minimum Gasteiger partial charge on any atom is -0.474 e. The van der Waals surface area contributed by atoms with E-state index >= 15 is 4.39 Å². The Labute approximate surface area is 516 Å². The molecule has 0 spiro atoms. The second-order valence-corrected chi connectivity index (χ2v) is 26.6. The van der Waals surface area contributed by atoms with E-state index in [9.17, 15) is 19.5 Å². The van der Waals surface area contributed by atoms with Gasteiger partial charge in [-0.3, -0.25) is 24.4 Å². The summed E-state index contributed by atoms with van der Waals surface area (Å²) in [5.41, 5.74) is 5.48. The maximum absolute atomic E-state index is 17.9. The third-order valence-corrected chi connectivity index (χ3v) is 19.3. The number of aliphatic hydroxyl groups is 1. The molecule has 3 aromatic carbocycles. The topological polar surface area (TPSA) is 220 Å². The fourth-order valence-corrected chi connectivity index (χ4v) is 15.0. The van der Waals surface area contributed by atoms with E-state index in [0.717, 1.165) is 83.1 Å². The summed E-state index contributed by atoms with van der Waals surface area (Å²) in [6.45, 7) is 17.6. The summed E-state index contributed by atoms with van der Waals surface area (Å²) in [5.74, 6) is -0.805. The van der Waals surface area contributed by atoms with Crippen LogP contribution < -0.4 is 24.4 Å². The lowest BCUT2D eigenvalue weighted by Gasteiger charge is -2.42. The number of ether oxygens (including phenoxy) is 5. The van der Waals surface area contributed by atoms with Crippen molar-refractivity contribution in [2.45, 2.75) is 160 Å². The average molecular weight is 1220 g/mol. The number of carbonyl (C=O) groups is 3. The van der Waals surface area contributed by atoms with Gasteiger partial charge in [0.2, 0.25) is 11.8 Å². The van der Waals surface area contributed by atoms with E-state index < -0.39 is 29.5 Å². The predicted molar refractivity (Wildman–Crippen MR) is 331 cm³/mol. The zero-order chi connectivity index (χ0) is 61.8. The van der Waals surface area contributed by atoms with Crippen molar-refractivity contribution in [3.63, 3.8) is 0 Å². The molecular formula is C66H79FN10O10S. The number of rotatable bonds is 19. The lowest BCUT2D eigenvalue weighted by Crippen LogP contribution is -2.57. The largest absolute Gasteiger partial charge is 0.474 e. The van der Waals surface area contributed by atoms with E-state index in [1.54, 1.807) is 36.8 Å². The van der Waals surface area contributed by atoms with Crippen molar-refractivity contribution in [2.24, 2.45) is 5.92 Å². The highest BCUT2D eigenvalue weighted by molar-refractivity contribution is 7.13. The van der Waals surface area contributed by atoms with Crippen molar-refractivity contribution < 1.29 is 52.1 Å². The number of methoxy groups -OCH3 is 1. The lowest BCUT2D eigenvalue weighted by molar-refractivity contribution is -0.141. The number of aromatic nitrogens is 5. The van der Waals surface area contributed by atoms with Crippen LogP contribution in [-0.4, -0.2) is 158 Å². The number of nitrogens with one attached hydrogen (secondary N) is 1. The molecule has 5 aliphatic rings. The first kappa shape index (κ1) is 60.7. The monoisotopic (exact) mass is 1220 g/mol. The zero-order valence-electron chi connectivity index (χ0n) is 51.6. The van der Waals surface area contributed by atoms with Gasteiger partial charge in [0, 0.05) is 57.0 Å². The first-order chi connectivity index (χ1) is 42.3. The van der Waals surface area contributed by atoms with Crippen LogP contribution >= 0.6 is 11.3 Å².